The molecule has 10 aromatic rings. The fourth-order valence-corrected chi connectivity index (χ4v) is 11.1. The molecule has 8 heteroatoms. The van der Waals surface area contributed by atoms with Crippen molar-refractivity contribution in [2.45, 2.75) is 60.5 Å². The predicted molar refractivity (Wildman–Crippen MR) is 357 cm³/mol. The number of aliphatic hydroxyl groups is 2. The van der Waals surface area contributed by atoms with Gasteiger partial charge in [-0.05, 0) is 120 Å². The molecular weight excluding hydrogens is 1110 g/mol. The van der Waals surface area contributed by atoms with Gasteiger partial charge < -0.3 is 38.3 Å². The molecule has 90 heavy (non-hydrogen) atoms. The van der Waals surface area contributed by atoms with Gasteiger partial charge in [-0.1, -0.05) is 230 Å². The van der Waals surface area contributed by atoms with Gasteiger partial charge in [-0.3, -0.25) is 0 Å². The standard InChI is InChI=1S/C82H62N2O6/c1-7-83-73-45-29-27-43-69(73)71(75(83)63-31-15-9-16-32-63)47-49-77(85)51-55-79(87-3,65-35-19-11-20-36-65)59-61-81(89-5,67-39-23-13-24-40-67)57-53-78(86,50-48-72-70-44-28-30-46-74(70)84(8-2)76(72)64-33-17-10-18-34-64)54-58-82(90-6,68-41-25-14-26-42-68)62-60-80(88-4,56-52-77)66-37-21-12-22-38-66/h9-46,85-86H,7-8H2,1-6H3. The van der Waals surface area contributed by atoms with Crippen LogP contribution >= 0.6 is 0 Å². The Kier molecular flexibility index (Phi) is 17.7. The molecule has 0 radical (unpaired) electrons. The van der Waals surface area contributed by atoms with Crippen LogP contribution in [0.3, 0.4) is 0 Å². The highest BCUT2D eigenvalue weighted by Gasteiger charge is 2.38. The van der Waals surface area contributed by atoms with E-state index in [4.69, 9.17) is 18.9 Å². The molecule has 0 saturated carbocycles. The molecule has 4 atom stereocenters. The zero-order valence-electron chi connectivity index (χ0n) is 50.8. The van der Waals surface area contributed by atoms with Crippen LogP contribution in [0, 0.1) is 94.7 Å². The topological polar surface area (TPSA) is 87.2 Å². The van der Waals surface area contributed by atoms with Crippen LogP contribution in [0.25, 0.3) is 44.3 Å². The number of hydrogen-bond donors (Lipinski definition) is 2. The Balaban J connectivity index is 1.26. The first-order valence-electron chi connectivity index (χ1n) is 29.5. The van der Waals surface area contributed by atoms with Crippen molar-refractivity contribution >= 4 is 21.8 Å². The molecule has 8 nitrogen and oxygen atoms in total. The van der Waals surface area contributed by atoms with E-state index in [1.807, 2.05) is 218 Å². The second kappa shape index (κ2) is 26.2. The Morgan fingerprint density at radius 3 is 0.811 bits per heavy atom. The Morgan fingerprint density at radius 1 is 0.322 bits per heavy atom. The predicted octanol–water partition coefficient (Wildman–Crippen LogP) is 13.0. The van der Waals surface area contributed by atoms with Crippen LogP contribution < -0.4 is 0 Å². The van der Waals surface area contributed by atoms with E-state index < -0.39 is 33.6 Å². The molecular formula is C82H62N2O6. The maximum Gasteiger partial charge on any atom is 0.252 e. The Bertz CT molecular complexity index is 4360. The highest BCUT2D eigenvalue weighted by molar-refractivity contribution is 5.96. The fourth-order valence-electron chi connectivity index (χ4n) is 11.1. The van der Waals surface area contributed by atoms with Gasteiger partial charge >= 0.3 is 0 Å². The monoisotopic (exact) mass is 1170 g/mol. The molecule has 2 N–H and O–H groups in total. The second-order valence-corrected chi connectivity index (χ2v) is 21.1. The summed E-state index contributed by atoms with van der Waals surface area (Å²) in [6, 6.07) is 72.8. The number of para-hydroxylation sites is 2. The van der Waals surface area contributed by atoms with Crippen LogP contribution in [0.15, 0.2) is 231 Å². The van der Waals surface area contributed by atoms with Gasteiger partial charge in [0.05, 0.1) is 22.5 Å². The van der Waals surface area contributed by atoms with E-state index in [0.717, 1.165) is 44.3 Å². The lowest BCUT2D eigenvalue weighted by molar-refractivity contribution is 0.0787. The third-order valence-corrected chi connectivity index (χ3v) is 15.9. The molecule has 436 valence electrons. The summed E-state index contributed by atoms with van der Waals surface area (Å²) in [5.74, 6) is 52.0. The molecule has 0 bridgehead atoms. The quantitative estimate of drug-likeness (QED) is 0.119. The summed E-state index contributed by atoms with van der Waals surface area (Å²) in [6.45, 7) is 5.44. The second-order valence-electron chi connectivity index (χ2n) is 21.1. The summed E-state index contributed by atoms with van der Waals surface area (Å²) in [4.78, 5) is 0. The minimum Gasteiger partial charge on any atom is -0.357 e. The highest BCUT2D eigenvalue weighted by atomic mass is 16.5. The van der Waals surface area contributed by atoms with Gasteiger partial charge in [0.15, 0.2) is 0 Å². The normalized spacial score (nSPS) is 21.7. The fraction of sp³-hybridized carbons (Fsp3) is 0.171. The van der Waals surface area contributed by atoms with Gasteiger partial charge in [-0.2, -0.15) is 0 Å². The lowest BCUT2D eigenvalue weighted by Gasteiger charge is -2.26. The van der Waals surface area contributed by atoms with Crippen LogP contribution in [-0.2, 0) is 54.4 Å². The molecule has 2 aromatic heterocycles. The maximum atomic E-state index is 13.5. The first kappa shape index (κ1) is 60.8. The number of fused-ring (bicyclic) bond motifs is 2. The lowest BCUT2D eigenvalue weighted by atomic mass is 9.87. The average molecular weight is 1170 g/mol. The third kappa shape index (κ3) is 12.0. The number of hydrogen-bond acceptors (Lipinski definition) is 6. The van der Waals surface area contributed by atoms with Crippen molar-refractivity contribution in [1.29, 1.82) is 0 Å². The molecule has 0 saturated heterocycles. The van der Waals surface area contributed by atoms with E-state index >= 15 is 0 Å². The summed E-state index contributed by atoms with van der Waals surface area (Å²) in [6.07, 6.45) is 0. The van der Waals surface area contributed by atoms with Crippen molar-refractivity contribution < 1.29 is 29.2 Å². The Labute approximate surface area is 527 Å². The van der Waals surface area contributed by atoms with Crippen molar-refractivity contribution in [1.82, 2.24) is 9.13 Å². The van der Waals surface area contributed by atoms with Crippen LogP contribution in [0.2, 0.25) is 0 Å². The van der Waals surface area contributed by atoms with Crippen molar-refractivity contribution in [3.63, 3.8) is 0 Å². The third-order valence-electron chi connectivity index (χ3n) is 15.9. The van der Waals surface area contributed by atoms with Crippen molar-refractivity contribution in [2.24, 2.45) is 0 Å². The number of benzene rings is 8. The van der Waals surface area contributed by atoms with Gasteiger partial charge in [0.25, 0.3) is 11.2 Å². The zero-order valence-corrected chi connectivity index (χ0v) is 50.8. The number of ether oxygens (including phenoxy) is 4. The number of aromatic nitrogens is 2. The van der Waals surface area contributed by atoms with E-state index in [1.165, 1.54) is 28.4 Å². The van der Waals surface area contributed by atoms with Gasteiger partial charge in [-0.15, -0.1) is 0 Å². The number of methoxy groups -OCH3 is 4. The van der Waals surface area contributed by atoms with Gasteiger partial charge in [0.2, 0.25) is 22.4 Å². The smallest absolute Gasteiger partial charge is 0.252 e. The maximum absolute atomic E-state index is 13.5. The van der Waals surface area contributed by atoms with E-state index in [0.29, 0.717) is 46.5 Å². The molecule has 2 heterocycles. The van der Waals surface area contributed by atoms with Crippen LogP contribution in [0.1, 0.15) is 47.2 Å². The van der Waals surface area contributed by atoms with Gasteiger partial charge in [0, 0.05) is 85.6 Å². The first-order valence-corrected chi connectivity index (χ1v) is 29.5. The largest absolute Gasteiger partial charge is 0.357 e. The van der Waals surface area contributed by atoms with Crippen LogP contribution in [0.5, 0.6) is 0 Å². The summed E-state index contributed by atoms with van der Waals surface area (Å²) in [5, 5.41) is 28.7. The van der Waals surface area contributed by atoms with E-state index in [1.54, 1.807) is 0 Å². The lowest BCUT2D eigenvalue weighted by Crippen LogP contribution is -2.33. The number of nitrogens with zero attached hydrogens (tertiary/aromatic N) is 2. The van der Waals surface area contributed by atoms with Crippen LogP contribution in [0.4, 0.5) is 0 Å². The van der Waals surface area contributed by atoms with E-state index in [9.17, 15) is 10.2 Å². The van der Waals surface area contributed by atoms with Crippen molar-refractivity contribution in [2.75, 3.05) is 28.4 Å². The Morgan fingerprint density at radius 2 is 0.556 bits per heavy atom. The van der Waals surface area contributed by atoms with Gasteiger partial charge in [0.1, 0.15) is 0 Å². The average Bonchev–Trinajstić information content (AvgIpc) is 1.68. The van der Waals surface area contributed by atoms with Crippen LogP contribution in [-0.4, -0.2) is 59.0 Å². The first-order chi connectivity index (χ1) is 43.9. The molecule has 0 amide bonds. The molecule has 0 fully saturated rings. The summed E-state index contributed by atoms with van der Waals surface area (Å²) in [5.41, 5.74) is -3.55. The van der Waals surface area contributed by atoms with E-state index in [2.05, 4.69) is 130 Å². The van der Waals surface area contributed by atoms with Gasteiger partial charge in [-0.25, -0.2) is 0 Å². The zero-order chi connectivity index (χ0) is 62.7. The molecule has 11 rings (SSSR count). The molecule has 8 aromatic carbocycles. The molecule has 4 unspecified atom stereocenters. The minimum atomic E-state index is -2.48. The SMILES string of the molecule is CCn1c(-c2ccccc2)c(C#CC2(O)C#CC(OC)(c3ccccc3)C#CC(OC)(c3ccccc3)C#CC(O)(C#Cc3c(-c4ccccc4)n(CC)c4ccccc34)C#CC(OC)(c3ccccc3)C#CC(OC)(c3ccccc3)C#C2)c2ccccc21. The van der Waals surface area contributed by atoms with E-state index in [-0.39, 0.29) is 0 Å². The van der Waals surface area contributed by atoms with Crippen molar-refractivity contribution in [3.05, 3.63) is 264 Å². The molecule has 0 aliphatic heterocycles. The summed E-state index contributed by atoms with van der Waals surface area (Å²) < 4.78 is 30.4. The molecule has 1 aliphatic carbocycles. The summed E-state index contributed by atoms with van der Waals surface area (Å²) in [7, 11) is 5.91. The number of aryl methyl sites for hydroxylation is 2. The summed E-state index contributed by atoms with van der Waals surface area (Å²) >= 11 is 0. The molecule has 0 spiro atoms. The highest BCUT2D eigenvalue weighted by Crippen LogP contribution is 2.37. The number of rotatable bonds is 12. The Hall–Kier alpha value is -10.9. The minimum absolute atomic E-state index is 0.500. The van der Waals surface area contributed by atoms with Crippen molar-refractivity contribution in [3.8, 4) is 117 Å². The molecule has 1 aliphatic rings.